The Morgan fingerprint density at radius 2 is 2.00 bits per heavy atom. The largest absolute Gasteiger partial charge is 0.493 e. The van der Waals surface area contributed by atoms with Crippen LogP contribution in [0.25, 0.3) is 22.0 Å². The Morgan fingerprint density at radius 3 is 2.89 bits per heavy atom. The molecule has 1 unspecified atom stereocenters. The highest BCUT2D eigenvalue weighted by atomic mass is 16.5. The van der Waals surface area contributed by atoms with Gasteiger partial charge in [-0.3, -0.25) is 4.79 Å². The van der Waals surface area contributed by atoms with E-state index in [1.807, 2.05) is 60.6 Å². The molecule has 6 nitrogen and oxygen atoms in total. The number of aromatic amines is 1. The molecule has 0 fully saturated rings. The van der Waals surface area contributed by atoms with Crippen molar-refractivity contribution < 1.29 is 9.53 Å². The van der Waals surface area contributed by atoms with Gasteiger partial charge in [-0.05, 0) is 92.8 Å². The van der Waals surface area contributed by atoms with Gasteiger partial charge in [-0.2, -0.15) is 0 Å². The molecule has 3 N–H and O–H groups in total. The molecule has 4 aromatic rings. The van der Waals surface area contributed by atoms with Crippen molar-refractivity contribution in [3.8, 4) is 16.9 Å². The molecule has 6 heteroatoms. The van der Waals surface area contributed by atoms with Crippen LogP contribution in [0.4, 0.5) is 11.4 Å². The minimum atomic E-state index is -0.0129. The lowest BCUT2D eigenvalue weighted by atomic mass is 10.0. The van der Waals surface area contributed by atoms with Gasteiger partial charge in [-0.25, -0.2) is 0 Å². The number of amides is 1. The molecule has 180 valence electrons. The topological polar surface area (TPSA) is 69.4 Å². The third-order valence-corrected chi connectivity index (χ3v) is 6.55. The molecule has 1 aliphatic rings. The fourth-order valence-electron chi connectivity index (χ4n) is 4.64. The number of hydrogen-bond acceptors (Lipinski definition) is 4. The van der Waals surface area contributed by atoms with E-state index in [1.54, 1.807) is 0 Å². The van der Waals surface area contributed by atoms with Crippen LogP contribution in [0.2, 0.25) is 0 Å². The summed E-state index contributed by atoms with van der Waals surface area (Å²) in [6.45, 7) is 4.26. The SMILES string of the molecule is CNCCCOc1cc(C(=O)N2CCC(C)Nc3ccccc32)ccc1-c1ccc2[nH]ccc2c1. The predicted molar refractivity (Wildman–Crippen MR) is 144 cm³/mol. The second kappa shape index (κ2) is 10.2. The molecule has 35 heavy (non-hydrogen) atoms. The zero-order chi connectivity index (χ0) is 24.2. The molecule has 0 saturated heterocycles. The van der Waals surface area contributed by atoms with E-state index >= 15 is 0 Å². The second-order valence-corrected chi connectivity index (χ2v) is 9.10. The Bertz CT molecular complexity index is 1330. The number of fused-ring (bicyclic) bond motifs is 2. The predicted octanol–water partition coefficient (Wildman–Crippen LogP) is 5.67. The number of carbonyl (C=O) groups is 1. The second-order valence-electron chi connectivity index (χ2n) is 9.10. The number of H-pyrrole nitrogens is 1. The van der Waals surface area contributed by atoms with E-state index in [2.05, 4.69) is 46.8 Å². The quantitative estimate of drug-likeness (QED) is 0.306. The molecule has 0 aliphatic carbocycles. The van der Waals surface area contributed by atoms with Crippen molar-refractivity contribution in [3.05, 3.63) is 78.5 Å². The van der Waals surface area contributed by atoms with Gasteiger partial charge in [0.1, 0.15) is 5.75 Å². The van der Waals surface area contributed by atoms with Gasteiger partial charge in [-0.15, -0.1) is 0 Å². The lowest BCUT2D eigenvalue weighted by Crippen LogP contribution is -2.32. The van der Waals surface area contributed by atoms with Crippen LogP contribution >= 0.6 is 0 Å². The molecule has 1 aliphatic heterocycles. The molecule has 0 radical (unpaired) electrons. The summed E-state index contributed by atoms with van der Waals surface area (Å²) in [5.74, 6) is 0.720. The molecular weight excluding hydrogens is 436 g/mol. The van der Waals surface area contributed by atoms with Crippen molar-refractivity contribution in [3.63, 3.8) is 0 Å². The van der Waals surface area contributed by atoms with Crippen molar-refractivity contribution in [2.45, 2.75) is 25.8 Å². The Kier molecular flexibility index (Phi) is 6.73. The van der Waals surface area contributed by atoms with Crippen LogP contribution in [0, 0.1) is 0 Å². The number of aromatic nitrogens is 1. The van der Waals surface area contributed by atoms with Gasteiger partial charge in [0.2, 0.25) is 0 Å². The van der Waals surface area contributed by atoms with Crippen molar-refractivity contribution in [2.75, 3.05) is 37.0 Å². The summed E-state index contributed by atoms with van der Waals surface area (Å²) in [6, 6.07) is 22.5. The van der Waals surface area contributed by atoms with Crippen LogP contribution in [0.5, 0.6) is 5.75 Å². The summed E-state index contributed by atoms with van der Waals surface area (Å²) in [6.07, 6.45) is 3.71. The average molecular weight is 469 g/mol. The number of carbonyl (C=O) groups excluding carboxylic acids is 1. The van der Waals surface area contributed by atoms with Gasteiger partial charge in [0.05, 0.1) is 18.0 Å². The van der Waals surface area contributed by atoms with E-state index in [0.29, 0.717) is 24.8 Å². The molecule has 0 bridgehead atoms. The Hall–Kier alpha value is -3.77. The van der Waals surface area contributed by atoms with Crippen LogP contribution in [-0.4, -0.2) is 43.7 Å². The molecule has 1 aromatic heterocycles. The third kappa shape index (κ3) is 4.88. The molecule has 2 heterocycles. The highest BCUT2D eigenvalue weighted by Gasteiger charge is 2.25. The van der Waals surface area contributed by atoms with Crippen molar-refractivity contribution in [1.29, 1.82) is 0 Å². The Balaban J connectivity index is 1.50. The number of nitrogens with one attached hydrogen (secondary N) is 3. The fourth-order valence-corrected chi connectivity index (χ4v) is 4.64. The highest BCUT2D eigenvalue weighted by molar-refractivity contribution is 6.08. The minimum absolute atomic E-state index is 0.0129. The van der Waals surface area contributed by atoms with Crippen molar-refractivity contribution in [1.82, 2.24) is 10.3 Å². The van der Waals surface area contributed by atoms with Crippen LogP contribution in [-0.2, 0) is 0 Å². The summed E-state index contributed by atoms with van der Waals surface area (Å²) in [4.78, 5) is 18.9. The maximum absolute atomic E-state index is 13.8. The van der Waals surface area contributed by atoms with E-state index in [9.17, 15) is 4.79 Å². The summed E-state index contributed by atoms with van der Waals surface area (Å²) in [7, 11) is 1.94. The van der Waals surface area contributed by atoms with E-state index in [4.69, 9.17) is 4.74 Å². The monoisotopic (exact) mass is 468 g/mol. The number of hydrogen-bond donors (Lipinski definition) is 3. The molecule has 0 spiro atoms. The Labute approximate surface area is 206 Å². The average Bonchev–Trinajstić information content (AvgIpc) is 3.28. The number of nitrogens with zero attached hydrogens (tertiary/aromatic N) is 1. The number of ether oxygens (including phenoxy) is 1. The molecule has 1 amide bonds. The lowest BCUT2D eigenvalue weighted by Gasteiger charge is -2.23. The van der Waals surface area contributed by atoms with Gasteiger partial charge in [-0.1, -0.05) is 18.2 Å². The normalized spacial score (nSPS) is 15.4. The fraction of sp³-hybridized carbons (Fsp3) is 0.276. The van der Waals surface area contributed by atoms with Crippen molar-refractivity contribution >= 4 is 28.2 Å². The minimum Gasteiger partial charge on any atom is -0.493 e. The number of anilines is 2. The maximum atomic E-state index is 13.8. The summed E-state index contributed by atoms with van der Waals surface area (Å²) in [5, 5.41) is 7.83. The molecule has 0 saturated carbocycles. The standard InChI is InChI=1S/C29H32N4O2/c1-20-13-16-33(27-7-4-3-6-26(27)32-20)29(34)23-8-10-24(28(19-23)35-17-5-14-30-2)21-9-11-25-22(18-21)12-15-31-25/h3-4,6-12,15,18-20,30-32H,5,13-14,16-17H2,1-2H3. The summed E-state index contributed by atoms with van der Waals surface area (Å²) >= 11 is 0. The van der Waals surface area contributed by atoms with E-state index in [1.165, 1.54) is 0 Å². The smallest absolute Gasteiger partial charge is 0.258 e. The van der Waals surface area contributed by atoms with Crippen LogP contribution in [0.15, 0.2) is 72.9 Å². The number of para-hydroxylation sites is 2. The van der Waals surface area contributed by atoms with Gasteiger partial charge < -0.3 is 25.3 Å². The first-order valence-corrected chi connectivity index (χ1v) is 12.3. The van der Waals surface area contributed by atoms with Crippen molar-refractivity contribution in [2.24, 2.45) is 0 Å². The number of benzene rings is 3. The zero-order valence-electron chi connectivity index (χ0n) is 20.3. The Morgan fingerprint density at radius 1 is 1.11 bits per heavy atom. The zero-order valence-corrected chi connectivity index (χ0v) is 20.3. The van der Waals surface area contributed by atoms with Gasteiger partial charge in [0.15, 0.2) is 0 Å². The maximum Gasteiger partial charge on any atom is 0.258 e. The van der Waals surface area contributed by atoms with Gasteiger partial charge in [0.25, 0.3) is 5.91 Å². The van der Waals surface area contributed by atoms with Crippen LogP contribution in [0.1, 0.15) is 30.1 Å². The highest BCUT2D eigenvalue weighted by Crippen LogP contribution is 2.35. The first-order valence-electron chi connectivity index (χ1n) is 12.3. The molecule has 3 aromatic carbocycles. The van der Waals surface area contributed by atoms with Crippen LogP contribution < -0.4 is 20.3 Å². The third-order valence-electron chi connectivity index (χ3n) is 6.55. The van der Waals surface area contributed by atoms with E-state index in [-0.39, 0.29) is 5.91 Å². The first kappa shape index (κ1) is 23.0. The van der Waals surface area contributed by atoms with Gasteiger partial charge in [0, 0.05) is 35.4 Å². The molecular formula is C29H32N4O2. The van der Waals surface area contributed by atoms with E-state index < -0.39 is 0 Å². The van der Waals surface area contributed by atoms with E-state index in [0.717, 1.165) is 58.5 Å². The molecule has 5 rings (SSSR count). The first-order chi connectivity index (χ1) is 17.1. The lowest BCUT2D eigenvalue weighted by molar-refractivity contribution is 0.0986. The van der Waals surface area contributed by atoms with Crippen LogP contribution in [0.3, 0.4) is 0 Å². The van der Waals surface area contributed by atoms with Gasteiger partial charge >= 0.3 is 0 Å². The number of rotatable bonds is 7. The summed E-state index contributed by atoms with van der Waals surface area (Å²) in [5.41, 5.74) is 5.69. The summed E-state index contributed by atoms with van der Waals surface area (Å²) < 4.78 is 6.25. The molecule has 1 atom stereocenters.